The quantitative estimate of drug-likeness (QED) is 0.0563. The van der Waals surface area contributed by atoms with Gasteiger partial charge in [0.25, 0.3) is 11.8 Å². The molecule has 0 radical (unpaired) electrons. The number of piperazine rings is 1. The minimum Gasteiger partial charge on any atom is -0.495 e. The predicted octanol–water partition coefficient (Wildman–Crippen LogP) is 4.67. The number of ether oxygens (including phenoxy) is 6. The Morgan fingerprint density at radius 3 is 2.13 bits per heavy atom. The molecular formula is C52H57Cl2N9O12. The first-order chi connectivity index (χ1) is 36.3. The lowest BCUT2D eigenvalue weighted by atomic mass is 9.91. The van der Waals surface area contributed by atoms with Gasteiger partial charge in [0.1, 0.15) is 47.9 Å². The lowest BCUT2D eigenvalue weighted by Crippen LogP contribution is -2.57. The molecule has 75 heavy (non-hydrogen) atoms. The molecule has 3 aliphatic heterocycles. The molecule has 3 aliphatic rings. The fraction of sp³-hybridized carbons (Fsp3) is 0.385. The Hall–Kier alpha value is -7.14. The molecule has 396 valence electrons. The SMILES string of the molecule is COc1cc(OC)c(Cl)c(CC(=O)N(C)c2cc(Nc3ccc(N4CCN(CC(=O)NCCOCCOCCOCCOc5cc6c7c(cccc7c5)C(=O)N(C5CCC(=O)NC5=O)C6=O)CC4)cc3)ncn2)c1Cl. The van der Waals surface area contributed by atoms with Gasteiger partial charge in [-0.1, -0.05) is 35.3 Å². The molecule has 5 aromatic rings. The molecule has 6 amide bonds. The zero-order chi connectivity index (χ0) is 53.0. The molecular weight excluding hydrogens is 1010 g/mol. The van der Waals surface area contributed by atoms with Gasteiger partial charge in [0.2, 0.25) is 23.6 Å². The van der Waals surface area contributed by atoms with Crippen LogP contribution >= 0.6 is 23.2 Å². The molecule has 2 saturated heterocycles. The summed E-state index contributed by atoms with van der Waals surface area (Å²) in [7, 11) is 4.55. The van der Waals surface area contributed by atoms with Gasteiger partial charge in [-0.05, 0) is 54.3 Å². The highest BCUT2D eigenvalue weighted by Crippen LogP contribution is 2.41. The van der Waals surface area contributed by atoms with E-state index in [4.69, 9.17) is 51.6 Å². The number of hydrogen-bond donors (Lipinski definition) is 3. The molecule has 23 heteroatoms. The van der Waals surface area contributed by atoms with Gasteiger partial charge >= 0.3 is 0 Å². The van der Waals surface area contributed by atoms with E-state index in [1.54, 1.807) is 49.5 Å². The highest BCUT2D eigenvalue weighted by atomic mass is 35.5. The summed E-state index contributed by atoms with van der Waals surface area (Å²) < 4.78 is 33.4. The van der Waals surface area contributed by atoms with E-state index in [-0.39, 0.29) is 59.9 Å². The molecule has 4 heterocycles. The zero-order valence-electron chi connectivity index (χ0n) is 41.7. The summed E-state index contributed by atoms with van der Waals surface area (Å²) in [5, 5.41) is 10.0. The van der Waals surface area contributed by atoms with Crippen LogP contribution < -0.4 is 40.0 Å². The Balaban J connectivity index is 0.662. The Morgan fingerprint density at radius 1 is 0.787 bits per heavy atom. The lowest BCUT2D eigenvalue weighted by molar-refractivity contribution is -0.136. The van der Waals surface area contributed by atoms with Gasteiger partial charge in [-0.15, -0.1) is 0 Å². The second kappa shape index (κ2) is 25.4. The maximum atomic E-state index is 13.6. The number of hydrogen-bond acceptors (Lipinski definition) is 17. The molecule has 4 aromatic carbocycles. The van der Waals surface area contributed by atoms with Crippen molar-refractivity contribution in [2.24, 2.45) is 0 Å². The topological polar surface area (TPSA) is 233 Å². The number of aromatic nitrogens is 2. The Labute approximate surface area is 442 Å². The molecule has 8 rings (SSSR count). The molecule has 0 bridgehead atoms. The number of carbonyl (C=O) groups excluding carboxylic acids is 6. The summed E-state index contributed by atoms with van der Waals surface area (Å²) in [6.45, 7) is 5.79. The van der Waals surface area contributed by atoms with Gasteiger partial charge < -0.3 is 44.0 Å². The third kappa shape index (κ3) is 13.2. The third-order valence-corrected chi connectivity index (χ3v) is 13.6. The molecule has 1 unspecified atom stereocenters. The maximum absolute atomic E-state index is 13.6. The number of likely N-dealkylation sites (N-methyl/N-ethyl adjacent to an activating group) is 1. The zero-order valence-corrected chi connectivity index (χ0v) is 43.2. The van der Waals surface area contributed by atoms with Crippen molar-refractivity contribution in [1.82, 2.24) is 30.4 Å². The highest BCUT2D eigenvalue weighted by Gasteiger charge is 2.43. The molecule has 2 fully saturated rings. The molecule has 21 nitrogen and oxygen atoms in total. The Morgan fingerprint density at radius 2 is 1.45 bits per heavy atom. The Bertz CT molecular complexity index is 2890. The molecule has 1 atom stereocenters. The number of nitrogens with zero attached hydrogens (tertiary/aromatic N) is 6. The molecule has 0 saturated carbocycles. The van der Waals surface area contributed by atoms with Crippen molar-refractivity contribution < 1.29 is 57.2 Å². The average Bonchev–Trinajstić information content (AvgIpc) is 3.42. The van der Waals surface area contributed by atoms with Crippen LogP contribution in [0.3, 0.4) is 0 Å². The Kier molecular flexibility index (Phi) is 18.3. The second-order valence-electron chi connectivity index (χ2n) is 17.6. The number of anilines is 4. The molecule has 0 aliphatic carbocycles. The van der Waals surface area contributed by atoms with Crippen LogP contribution in [-0.4, -0.2) is 168 Å². The number of carbonyl (C=O) groups is 6. The van der Waals surface area contributed by atoms with Crippen LogP contribution in [0.2, 0.25) is 10.0 Å². The third-order valence-electron chi connectivity index (χ3n) is 12.8. The standard InChI is InChI=1S/C52H57Cl2N9O12/c1-60(46(66)27-38-48(53)40(70-2)28-41(71-3)49(38)54)43-29-42(56-31-57-43)58-33-7-9-34(10-8-33)62-16-14-61(15-17-62)30-45(65)55-13-18-72-19-20-73-21-22-74-23-24-75-35-25-32-5-4-6-36-47(32)37(26-35)52(69)63(51(36)68)39-11-12-44(64)59-50(39)67/h4-10,25-26,28-29,31,39H,11-24,27,30H2,1-3H3,(H,55,65)(H,56,57,58)(H,59,64,67). The first kappa shape index (κ1) is 54.1. The summed E-state index contributed by atoms with van der Waals surface area (Å²) in [4.78, 5) is 92.7. The van der Waals surface area contributed by atoms with E-state index < -0.39 is 29.7 Å². The summed E-state index contributed by atoms with van der Waals surface area (Å²) in [5.41, 5.74) is 2.78. The largest absolute Gasteiger partial charge is 0.495 e. The summed E-state index contributed by atoms with van der Waals surface area (Å²) in [5.74, 6) is -0.733. The van der Waals surface area contributed by atoms with Crippen molar-refractivity contribution in [3.05, 3.63) is 99.8 Å². The number of methoxy groups -OCH3 is 2. The van der Waals surface area contributed by atoms with Gasteiger partial charge in [-0.2, -0.15) is 0 Å². The number of piperidine rings is 1. The summed E-state index contributed by atoms with van der Waals surface area (Å²) >= 11 is 13.0. The van der Waals surface area contributed by atoms with Gasteiger partial charge in [-0.3, -0.25) is 48.8 Å². The number of imide groups is 2. The van der Waals surface area contributed by atoms with E-state index in [1.807, 2.05) is 24.3 Å². The summed E-state index contributed by atoms with van der Waals surface area (Å²) in [6, 6.07) is 18.5. The van der Waals surface area contributed by atoms with Crippen LogP contribution in [0.4, 0.5) is 23.0 Å². The monoisotopic (exact) mass is 1070 g/mol. The summed E-state index contributed by atoms with van der Waals surface area (Å²) in [6.07, 6.45) is 1.34. The second-order valence-corrected chi connectivity index (χ2v) is 18.3. The minimum atomic E-state index is -1.08. The van der Waals surface area contributed by atoms with Crippen LogP contribution in [0.25, 0.3) is 10.8 Å². The lowest BCUT2D eigenvalue weighted by Gasteiger charge is -2.35. The molecule has 0 spiro atoms. The number of rotatable bonds is 24. The van der Waals surface area contributed by atoms with E-state index in [2.05, 4.69) is 35.7 Å². The van der Waals surface area contributed by atoms with Gasteiger partial charge in [0, 0.05) is 86.2 Å². The normalized spacial score (nSPS) is 15.7. The van der Waals surface area contributed by atoms with Crippen LogP contribution in [0.5, 0.6) is 17.2 Å². The van der Waals surface area contributed by atoms with Crippen molar-refractivity contribution in [2.45, 2.75) is 25.3 Å². The van der Waals surface area contributed by atoms with Gasteiger partial charge in [0.05, 0.1) is 82.4 Å². The fourth-order valence-corrected chi connectivity index (χ4v) is 9.47. The van der Waals surface area contributed by atoms with Crippen molar-refractivity contribution >= 4 is 92.4 Å². The minimum absolute atomic E-state index is 0.0288. The van der Waals surface area contributed by atoms with Gasteiger partial charge in [-0.25, -0.2) is 9.97 Å². The number of amides is 6. The first-order valence-corrected chi connectivity index (χ1v) is 25.0. The van der Waals surface area contributed by atoms with E-state index in [1.165, 1.54) is 25.4 Å². The van der Waals surface area contributed by atoms with Crippen LogP contribution in [0, 0.1) is 0 Å². The van der Waals surface area contributed by atoms with Crippen molar-refractivity contribution in [3.8, 4) is 17.2 Å². The van der Waals surface area contributed by atoms with Crippen molar-refractivity contribution in [3.63, 3.8) is 0 Å². The van der Waals surface area contributed by atoms with Gasteiger partial charge in [0.15, 0.2) is 0 Å². The first-order valence-electron chi connectivity index (χ1n) is 24.3. The van der Waals surface area contributed by atoms with Crippen LogP contribution in [0.15, 0.2) is 73.1 Å². The molecule has 3 N–H and O–H groups in total. The number of benzene rings is 4. The van der Waals surface area contributed by atoms with E-state index in [0.29, 0.717) is 96.9 Å². The van der Waals surface area contributed by atoms with Crippen LogP contribution in [0.1, 0.15) is 39.1 Å². The van der Waals surface area contributed by atoms with E-state index >= 15 is 0 Å². The van der Waals surface area contributed by atoms with Crippen molar-refractivity contribution in [1.29, 1.82) is 0 Å². The van der Waals surface area contributed by atoms with E-state index in [9.17, 15) is 28.8 Å². The number of halogens is 2. The highest BCUT2D eigenvalue weighted by molar-refractivity contribution is 6.38. The fourth-order valence-electron chi connectivity index (χ4n) is 8.83. The molecule has 1 aromatic heterocycles. The van der Waals surface area contributed by atoms with Crippen LogP contribution in [-0.2, 0) is 39.8 Å². The predicted molar refractivity (Wildman–Crippen MR) is 279 cm³/mol. The smallest absolute Gasteiger partial charge is 0.262 e. The average molecular weight is 1070 g/mol. The van der Waals surface area contributed by atoms with E-state index in [0.717, 1.165) is 42.5 Å². The van der Waals surface area contributed by atoms with Crippen molar-refractivity contribution in [2.75, 3.05) is 122 Å². The number of nitrogens with one attached hydrogen (secondary N) is 3. The maximum Gasteiger partial charge on any atom is 0.262 e.